The van der Waals surface area contributed by atoms with Crippen molar-refractivity contribution >= 4 is 11.3 Å². The van der Waals surface area contributed by atoms with E-state index in [4.69, 9.17) is 4.52 Å². The Morgan fingerprint density at radius 3 is 3.06 bits per heavy atom. The Bertz CT molecular complexity index is 426. The molecule has 2 aromatic heterocycles. The molecule has 0 saturated carbocycles. The molecule has 0 bridgehead atoms. The lowest BCUT2D eigenvalue weighted by Crippen LogP contribution is -2.21. The van der Waals surface area contributed by atoms with E-state index in [0.717, 1.165) is 23.8 Å². The number of aromatic nitrogens is 3. The van der Waals surface area contributed by atoms with Crippen molar-refractivity contribution in [2.75, 3.05) is 6.54 Å². The summed E-state index contributed by atoms with van der Waals surface area (Å²) in [5.41, 5.74) is 0. The average Bonchev–Trinajstić information content (AvgIpc) is 2.89. The zero-order chi connectivity index (χ0) is 11.4. The number of thiazole rings is 1. The second-order valence-electron chi connectivity index (χ2n) is 3.53. The molecular formula is C10H14N4OS. The van der Waals surface area contributed by atoms with Gasteiger partial charge in [-0.3, -0.25) is 0 Å². The van der Waals surface area contributed by atoms with Crippen molar-refractivity contribution in [1.29, 1.82) is 0 Å². The van der Waals surface area contributed by atoms with Gasteiger partial charge < -0.3 is 9.84 Å². The van der Waals surface area contributed by atoms with Gasteiger partial charge in [-0.1, -0.05) is 5.16 Å². The van der Waals surface area contributed by atoms with Crippen LogP contribution in [-0.4, -0.2) is 21.7 Å². The second-order valence-corrected chi connectivity index (χ2v) is 4.45. The predicted octanol–water partition coefficient (Wildman–Crippen LogP) is 1.73. The summed E-state index contributed by atoms with van der Waals surface area (Å²) in [6, 6.07) is 0.271. The van der Waals surface area contributed by atoms with Crippen molar-refractivity contribution in [1.82, 2.24) is 20.4 Å². The minimum atomic E-state index is 0.271. The summed E-state index contributed by atoms with van der Waals surface area (Å²) in [4.78, 5) is 8.39. The molecule has 0 saturated heterocycles. The van der Waals surface area contributed by atoms with Gasteiger partial charge in [0.25, 0.3) is 0 Å². The quantitative estimate of drug-likeness (QED) is 0.859. The van der Waals surface area contributed by atoms with Crippen molar-refractivity contribution in [3.63, 3.8) is 0 Å². The lowest BCUT2D eigenvalue weighted by atomic mass is 10.3. The molecule has 0 fully saturated rings. The molecule has 1 atom stereocenters. The molecule has 5 nitrogen and oxygen atoms in total. The van der Waals surface area contributed by atoms with Crippen LogP contribution in [0.4, 0.5) is 0 Å². The molecule has 1 N–H and O–H groups in total. The van der Waals surface area contributed by atoms with E-state index in [9.17, 15) is 0 Å². The normalized spacial score (nSPS) is 12.9. The number of hydrogen-bond donors (Lipinski definition) is 1. The Balaban J connectivity index is 1.76. The van der Waals surface area contributed by atoms with Gasteiger partial charge in [0.1, 0.15) is 5.01 Å². The Hall–Kier alpha value is -1.27. The molecule has 0 radical (unpaired) electrons. The van der Waals surface area contributed by atoms with Crippen molar-refractivity contribution in [2.45, 2.75) is 26.3 Å². The van der Waals surface area contributed by atoms with Crippen molar-refractivity contribution in [2.24, 2.45) is 0 Å². The summed E-state index contributed by atoms with van der Waals surface area (Å²) in [5.74, 6) is 1.36. The standard InChI is InChI=1S/C10H14N4OS/c1-7(10-12-5-6-16-10)11-4-3-9-13-8(2)15-14-9/h5-7,11H,3-4H2,1-2H3. The van der Waals surface area contributed by atoms with Gasteiger partial charge >= 0.3 is 0 Å². The molecule has 2 heterocycles. The monoisotopic (exact) mass is 238 g/mol. The molecule has 86 valence electrons. The van der Waals surface area contributed by atoms with Crippen molar-refractivity contribution in [3.05, 3.63) is 28.3 Å². The number of hydrogen-bond acceptors (Lipinski definition) is 6. The first kappa shape index (κ1) is 11.2. The van der Waals surface area contributed by atoms with Gasteiger partial charge in [-0.25, -0.2) is 4.98 Å². The van der Waals surface area contributed by atoms with Crippen LogP contribution in [-0.2, 0) is 6.42 Å². The van der Waals surface area contributed by atoms with Gasteiger partial charge in [-0.2, -0.15) is 4.98 Å². The first-order chi connectivity index (χ1) is 7.75. The van der Waals surface area contributed by atoms with E-state index in [0.29, 0.717) is 5.89 Å². The topological polar surface area (TPSA) is 63.8 Å². The van der Waals surface area contributed by atoms with E-state index in [1.165, 1.54) is 0 Å². The first-order valence-electron chi connectivity index (χ1n) is 5.17. The van der Waals surface area contributed by atoms with Crippen LogP contribution in [0.2, 0.25) is 0 Å². The van der Waals surface area contributed by atoms with Gasteiger partial charge in [-0.15, -0.1) is 11.3 Å². The maximum atomic E-state index is 4.90. The van der Waals surface area contributed by atoms with Gasteiger partial charge in [0.2, 0.25) is 5.89 Å². The molecule has 0 aromatic carbocycles. The van der Waals surface area contributed by atoms with E-state index in [1.54, 1.807) is 18.3 Å². The van der Waals surface area contributed by atoms with Crippen LogP contribution in [0, 0.1) is 6.92 Å². The zero-order valence-corrected chi connectivity index (χ0v) is 10.1. The summed E-state index contributed by atoms with van der Waals surface area (Å²) < 4.78 is 4.90. The van der Waals surface area contributed by atoms with Gasteiger partial charge in [-0.05, 0) is 6.92 Å². The Labute approximate surface area is 97.9 Å². The summed E-state index contributed by atoms with van der Waals surface area (Å²) in [6.07, 6.45) is 2.59. The SMILES string of the molecule is Cc1nc(CCNC(C)c2nccs2)no1. The molecule has 0 aliphatic carbocycles. The Kier molecular flexibility index (Phi) is 3.63. The predicted molar refractivity (Wildman–Crippen MR) is 61.3 cm³/mol. The maximum absolute atomic E-state index is 4.90. The van der Waals surface area contributed by atoms with Gasteiger partial charge in [0.05, 0.1) is 6.04 Å². The highest BCUT2D eigenvalue weighted by atomic mass is 32.1. The number of nitrogens with zero attached hydrogens (tertiary/aromatic N) is 3. The van der Waals surface area contributed by atoms with E-state index >= 15 is 0 Å². The van der Waals surface area contributed by atoms with E-state index in [1.807, 2.05) is 11.6 Å². The van der Waals surface area contributed by atoms with Gasteiger partial charge in [0.15, 0.2) is 5.82 Å². The third kappa shape index (κ3) is 2.86. The molecule has 6 heteroatoms. The lowest BCUT2D eigenvalue weighted by molar-refractivity contribution is 0.386. The van der Waals surface area contributed by atoms with Crippen LogP contribution in [0.25, 0.3) is 0 Å². The number of aryl methyl sites for hydroxylation is 1. The Morgan fingerprint density at radius 2 is 2.44 bits per heavy atom. The maximum Gasteiger partial charge on any atom is 0.223 e. The fraction of sp³-hybridized carbons (Fsp3) is 0.500. The summed E-state index contributed by atoms with van der Waals surface area (Å²) in [6.45, 7) is 4.71. The molecule has 2 aromatic rings. The highest BCUT2D eigenvalue weighted by molar-refractivity contribution is 7.09. The summed E-state index contributed by atoms with van der Waals surface area (Å²) >= 11 is 1.66. The highest BCUT2D eigenvalue weighted by Crippen LogP contribution is 2.14. The van der Waals surface area contributed by atoms with Crippen molar-refractivity contribution < 1.29 is 4.52 Å². The second kappa shape index (κ2) is 5.18. The minimum Gasteiger partial charge on any atom is -0.340 e. The fourth-order valence-corrected chi connectivity index (χ4v) is 2.05. The number of rotatable bonds is 5. The largest absolute Gasteiger partial charge is 0.340 e. The summed E-state index contributed by atoms with van der Waals surface area (Å²) in [5, 5.41) is 10.3. The molecule has 0 aliphatic rings. The smallest absolute Gasteiger partial charge is 0.223 e. The van der Waals surface area contributed by atoms with Crippen LogP contribution < -0.4 is 5.32 Å². The zero-order valence-electron chi connectivity index (χ0n) is 9.30. The third-order valence-corrected chi connectivity index (χ3v) is 3.15. The first-order valence-corrected chi connectivity index (χ1v) is 6.05. The van der Waals surface area contributed by atoms with E-state index in [-0.39, 0.29) is 6.04 Å². The third-order valence-electron chi connectivity index (χ3n) is 2.19. The van der Waals surface area contributed by atoms with Crippen LogP contribution >= 0.6 is 11.3 Å². The highest BCUT2D eigenvalue weighted by Gasteiger charge is 2.07. The molecule has 16 heavy (non-hydrogen) atoms. The molecule has 0 spiro atoms. The van der Waals surface area contributed by atoms with Crippen LogP contribution in [0.15, 0.2) is 16.1 Å². The molecule has 2 rings (SSSR count). The molecule has 1 unspecified atom stereocenters. The van der Waals surface area contributed by atoms with E-state index < -0.39 is 0 Å². The van der Waals surface area contributed by atoms with Gasteiger partial charge in [0, 0.05) is 31.5 Å². The molecule has 0 aliphatic heterocycles. The van der Waals surface area contributed by atoms with Crippen molar-refractivity contribution in [3.8, 4) is 0 Å². The minimum absolute atomic E-state index is 0.271. The molecular weight excluding hydrogens is 224 g/mol. The average molecular weight is 238 g/mol. The Morgan fingerprint density at radius 1 is 1.56 bits per heavy atom. The van der Waals surface area contributed by atoms with E-state index in [2.05, 4.69) is 27.4 Å². The van der Waals surface area contributed by atoms with Crippen LogP contribution in [0.3, 0.4) is 0 Å². The lowest BCUT2D eigenvalue weighted by Gasteiger charge is -2.09. The van der Waals surface area contributed by atoms with Crippen LogP contribution in [0.5, 0.6) is 0 Å². The summed E-state index contributed by atoms with van der Waals surface area (Å²) in [7, 11) is 0. The fourth-order valence-electron chi connectivity index (χ4n) is 1.38. The number of nitrogens with one attached hydrogen (secondary N) is 1. The molecule has 0 amide bonds. The van der Waals surface area contributed by atoms with Crippen LogP contribution in [0.1, 0.15) is 29.7 Å².